The molecular formula is C21H27FN4O4S. The van der Waals surface area contributed by atoms with Gasteiger partial charge in [-0.15, -0.1) is 0 Å². The summed E-state index contributed by atoms with van der Waals surface area (Å²) in [6.45, 7) is 4.50. The lowest BCUT2D eigenvalue weighted by Crippen LogP contribution is -2.38. The number of likely N-dealkylation sites (tertiary alicyclic amines) is 1. The van der Waals surface area contributed by atoms with E-state index in [1.807, 2.05) is 0 Å². The quantitative estimate of drug-likeness (QED) is 0.460. The van der Waals surface area contributed by atoms with Crippen molar-refractivity contribution in [2.24, 2.45) is 0 Å². The Morgan fingerprint density at radius 1 is 1.29 bits per heavy atom. The van der Waals surface area contributed by atoms with Gasteiger partial charge in [-0.3, -0.25) is 0 Å². The second-order valence-corrected chi connectivity index (χ2v) is 9.67. The molecule has 1 aliphatic heterocycles. The van der Waals surface area contributed by atoms with Gasteiger partial charge in [0.2, 0.25) is 5.88 Å². The molecule has 2 heterocycles. The van der Waals surface area contributed by atoms with Crippen molar-refractivity contribution in [1.82, 2.24) is 14.9 Å². The molecule has 3 rings (SSSR count). The Balaban J connectivity index is 1.64. The molecule has 1 N–H and O–H groups in total. The number of halogens is 1. The lowest BCUT2D eigenvalue weighted by atomic mass is 10.1. The maximum absolute atomic E-state index is 14.4. The minimum Gasteiger partial charge on any atom is -0.474 e. The number of rotatable bonds is 9. The van der Waals surface area contributed by atoms with Crippen LogP contribution in [0.3, 0.4) is 0 Å². The van der Waals surface area contributed by atoms with E-state index in [1.54, 1.807) is 6.92 Å². The van der Waals surface area contributed by atoms with Crippen LogP contribution in [0, 0.1) is 12.7 Å². The highest BCUT2D eigenvalue weighted by atomic mass is 32.2. The third kappa shape index (κ3) is 6.20. The van der Waals surface area contributed by atoms with Gasteiger partial charge < -0.3 is 19.7 Å². The summed E-state index contributed by atoms with van der Waals surface area (Å²) in [6, 6.07) is 3.69. The standard InChI is InChI=1S/C21H27FN4O4S/c1-15-20(25-19-6-5-17(13-18(19)22)31(2,28)29)23-14-24-21(15)30-16-7-10-26(11-8-16)9-3-4-12-27/h5-6,12-14,16H,3-4,7-11H2,1-2H3,(H,23,24,25). The Kier molecular flexibility index (Phi) is 7.55. The Morgan fingerprint density at radius 3 is 2.68 bits per heavy atom. The van der Waals surface area contributed by atoms with E-state index in [9.17, 15) is 17.6 Å². The fourth-order valence-electron chi connectivity index (χ4n) is 3.44. The van der Waals surface area contributed by atoms with Gasteiger partial charge in [-0.05, 0) is 50.9 Å². The first-order chi connectivity index (χ1) is 14.8. The van der Waals surface area contributed by atoms with Crippen LogP contribution in [-0.2, 0) is 14.6 Å². The van der Waals surface area contributed by atoms with E-state index in [1.165, 1.54) is 18.5 Å². The maximum Gasteiger partial charge on any atom is 0.221 e. The number of hydrogen-bond donors (Lipinski definition) is 1. The molecule has 1 fully saturated rings. The summed E-state index contributed by atoms with van der Waals surface area (Å²) in [7, 11) is -3.49. The van der Waals surface area contributed by atoms with Crippen molar-refractivity contribution in [3.8, 4) is 5.88 Å². The highest BCUT2D eigenvalue weighted by Crippen LogP contribution is 2.28. The van der Waals surface area contributed by atoms with Crippen LogP contribution >= 0.6 is 0 Å². The van der Waals surface area contributed by atoms with Gasteiger partial charge in [0.15, 0.2) is 9.84 Å². The van der Waals surface area contributed by atoms with Crippen molar-refractivity contribution < 1.29 is 22.3 Å². The van der Waals surface area contributed by atoms with E-state index in [4.69, 9.17) is 4.74 Å². The van der Waals surface area contributed by atoms with Crippen LogP contribution in [0.2, 0.25) is 0 Å². The van der Waals surface area contributed by atoms with E-state index in [0.717, 1.165) is 57.5 Å². The molecule has 31 heavy (non-hydrogen) atoms. The van der Waals surface area contributed by atoms with Gasteiger partial charge in [0.1, 0.15) is 30.4 Å². The highest BCUT2D eigenvalue weighted by molar-refractivity contribution is 7.90. The van der Waals surface area contributed by atoms with Crippen LogP contribution in [0.4, 0.5) is 15.9 Å². The first kappa shape index (κ1) is 23.1. The van der Waals surface area contributed by atoms with Gasteiger partial charge in [0.25, 0.3) is 0 Å². The predicted octanol–water partition coefficient (Wildman–Crippen LogP) is 2.89. The normalized spacial score (nSPS) is 15.6. The molecule has 2 aromatic rings. The average Bonchev–Trinajstić information content (AvgIpc) is 2.73. The molecule has 10 heteroatoms. The molecule has 0 amide bonds. The summed E-state index contributed by atoms with van der Waals surface area (Å²) in [6.07, 6.45) is 6.52. The maximum atomic E-state index is 14.4. The van der Waals surface area contributed by atoms with E-state index >= 15 is 0 Å². The van der Waals surface area contributed by atoms with E-state index < -0.39 is 15.7 Å². The zero-order chi connectivity index (χ0) is 22.4. The van der Waals surface area contributed by atoms with E-state index in [0.29, 0.717) is 23.7 Å². The minimum absolute atomic E-state index is 0.0227. The SMILES string of the molecule is Cc1c(Nc2ccc(S(C)(=O)=O)cc2F)ncnc1OC1CCN(CCCC=O)CC1. The van der Waals surface area contributed by atoms with Crippen molar-refractivity contribution in [2.45, 2.75) is 43.6 Å². The molecular weight excluding hydrogens is 423 g/mol. The number of unbranched alkanes of at least 4 members (excludes halogenated alkanes) is 1. The van der Waals surface area contributed by atoms with Gasteiger partial charge >= 0.3 is 0 Å². The molecule has 0 saturated carbocycles. The number of hydrogen-bond acceptors (Lipinski definition) is 8. The lowest BCUT2D eigenvalue weighted by Gasteiger charge is -2.32. The summed E-state index contributed by atoms with van der Waals surface area (Å²) >= 11 is 0. The molecule has 0 unspecified atom stereocenters. The molecule has 0 atom stereocenters. The summed E-state index contributed by atoms with van der Waals surface area (Å²) in [5.74, 6) is 0.137. The summed E-state index contributed by atoms with van der Waals surface area (Å²) < 4.78 is 43.7. The largest absolute Gasteiger partial charge is 0.474 e. The first-order valence-corrected chi connectivity index (χ1v) is 12.1. The van der Waals surface area contributed by atoms with Gasteiger partial charge in [-0.2, -0.15) is 0 Å². The number of anilines is 2. The number of sulfone groups is 1. The number of carbonyl (C=O) groups excluding carboxylic acids is 1. The number of carbonyl (C=O) groups is 1. The average molecular weight is 451 g/mol. The van der Waals surface area contributed by atoms with Gasteiger partial charge in [-0.25, -0.2) is 22.8 Å². The van der Waals surface area contributed by atoms with Crippen molar-refractivity contribution in [1.29, 1.82) is 0 Å². The van der Waals surface area contributed by atoms with Crippen LogP contribution in [-0.4, -0.2) is 61.6 Å². The number of piperidine rings is 1. The second kappa shape index (κ2) is 10.1. The van der Waals surface area contributed by atoms with Gasteiger partial charge in [-0.1, -0.05) is 0 Å². The Hall–Kier alpha value is -2.59. The summed E-state index contributed by atoms with van der Waals surface area (Å²) in [5.41, 5.74) is 0.756. The minimum atomic E-state index is -3.49. The van der Waals surface area contributed by atoms with E-state index in [-0.39, 0.29) is 16.7 Å². The fourth-order valence-corrected chi connectivity index (χ4v) is 4.07. The highest BCUT2D eigenvalue weighted by Gasteiger charge is 2.22. The number of aldehydes is 1. The molecule has 0 radical (unpaired) electrons. The van der Waals surface area contributed by atoms with Crippen LogP contribution in [0.1, 0.15) is 31.2 Å². The third-order valence-corrected chi connectivity index (χ3v) is 6.38. The van der Waals surface area contributed by atoms with Gasteiger partial charge in [0.05, 0.1) is 16.1 Å². The molecule has 1 aromatic heterocycles. The van der Waals surface area contributed by atoms with Gasteiger partial charge in [0, 0.05) is 25.8 Å². The number of benzene rings is 1. The third-order valence-electron chi connectivity index (χ3n) is 5.27. The molecule has 1 aromatic carbocycles. The molecule has 168 valence electrons. The molecule has 0 bridgehead atoms. The van der Waals surface area contributed by atoms with Crippen molar-refractivity contribution in [3.05, 3.63) is 35.9 Å². The Labute approximate surface area is 181 Å². The topological polar surface area (TPSA) is 101 Å². The Morgan fingerprint density at radius 2 is 2.03 bits per heavy atom. The smallest absolute Gasteiger partial charge is 0.221 e. The number of ether oxygens (including phenoxy) is 1. The van der Waals surface area contributed by atoms with Crippen molar-refractivity contribution in [3.63, 3.8) is 0 Å². The molecule has 0 aliphatic carbocycles. The van der Waals surface area contributed by atoms with Crippen LogP contribution in [0.5, 0.6) is 5.88 Å². The number of nitrogens with one attached hydrogen (secondary N) is 1. The molecule has 1 saturated heterocycles. The molecule has 0 spiro atoms. The van der Waals surface area contributed by atoms with Crippen molar-refractivity contribution >= 4 is 27.6 Å². The van der Waals surface area contributed by atoms with E-state index in [2.05, 4.69) is 20.2 Å². The molecule has 1 aliphatic rings. The van der Waals surface area contributed by atoms with Crippen molar-refractivity contribution in [2.75, 3.05) is 31.2 Å². The number of nitrogens with zero attached hydrogens (tertiary/aromatic N) is 3. The summed E-state index contributed by atoms with van der Waals surface area (Å²) in [5, 5.41) is 2.89. The molecule has 8 nitrogen and oxygen atoms in total. The van der Waals surface area contributed by atoms with Crippen LogP contribution in [0.15, 0.2) is 29.4 Å². The Bertz CT molecular complexity index is 1020. The summed E-state index contributed by atoms with van der Waals surface area (Å²) in [4.78, 5) is 21.1. The fraction of sp³-hybridized carbons (Fsp3) is 0.476. The monoisotopic (exact) mass is 450 g/mol. The first-order valence-electron chi connectivity index (χ1n) is 10.2. The predicted molar refractivity (Wildman–Crippen MR) is 115 cm³/mol. The lowest BCUT2D eigenvalue weighted by molar-refractivity contribution is -0.108. The van der Waals surface area contributed by atoms with Crippen LogP contribution in [0.25, 0.3) is 0 Å². The zero-order valence-corrected chi connectivity index (χ0v) is 18.5. The van der Waals surface area contributed by atoms with Crippen LogP contribution < -0.4 is 10.1 Å². The zero-order valence-electron chi connectivity index (χ0n) is 17.7. The second-order valence-electron chi connectivity index (χ2n) is 7.66. The number of aromatic nitrogens is 2.